The van der Waals surface area contributed by atoms with Crippen molar-refractivity contribution in [3.8, 4) is 5.75 Å². The van der Waals surface area contributed by atoms with E-state index in [2.05, 4.69) is 10.3 Å². The van der Waals surface area contributed by atoms with E-state index in [0.717, 1.165) is 16.8 Å². The summed E-state index contributed by atoms with van der Waals surface area (Å²) in [5.41, 5.74) is 3.66. The molecule has 0 radical (unpaired) electrons. The molecule has 0 fully saturated rings. The Morgan fingerprint density at radius 1 is 1.06 bits per heavy atom. The zero-order valence-corrected chi connectivity index (χ0v) is 21.3. The number of thioether (sulfide) groups is 1. The smallest absolute Gasteiger partial charge is 0.338 e. The van der Waals surface area contributed by atoms with Gasteiger partial charge in [0, 0.05) is 19.4 Å². The van der Waals surface area contributed by atoms with E-state index < -0.39 is 12.0 Å². The van der Waals surface area contributed by atoms with Gasteiger partial charge in [0.15, 0.2) is 5.17 Å². The Hall–Kier alpha value is -3.56. The van der Waals surface area contributed by atoms with Gasteiger partial charge < -0.3 is 24.4 Å². The quantitative estimate of drug-likeness (QED) is 0.381. The molecule has 2 aromatic carbocycles. The van der Waals surface area contributed by atoms with Gasteiger partial charge in [-0.05, 0) is 35.6 Å². The molecule has 1 N–H and O–H groups in total. The van der Waals surface area contributed by atoms with Gasteiger partial charge >= 0.3 is 5.97 Å². The van der Waals surface area contributed by atoms with E-state index in [1.165, 1.54) is 11.8 Å². The molecule has 1 atom stereocenters. The molecule has 2 aliphatic heterocycles. The molecule has 0 bridgehead atoms. The third-order valence-corrected chi connectivity index (χ3v) is 6.74. The molecule has 0 spiro atoms. The maximum atomic E-state index is 13.2. The molecule has 188 valence electrons. The topological polar surface area (TPSA) is 89.5 Å². The molecule has 2 aliphatic rings. The van der Waals surface area contributed by atoms with Crippen LogP contribution in [0.4, 0.5) is 0 Å². The largest absolute Gasteiger partial charge is 0.497 e. The number of amides is 1. The van der Waals surface area contributed by atoms with Crippen LogP contribution in [0.1, 0.15) is 30.5 Å². The average Bonchev–Trinajstić information content (AvgIpc) is 3.29. The van der Waals surface area contributed by atoms with Crippen LogP contribution in [0, 0.1) is 0 Å². The highest BCUT2D eigenvalue weighted by Gasteiger charge is 2.41. The predicted molar refractivity (Wildman–Crippen MR) is 139 cm³/mol. The average molecular weight is 508 g/mol. The van der Waals surface area contributed by atoms with Gasteiger partial charge in [-0.3, -0.25) is 4.79 Å². The predicted octanol–water partition coefficient (Wildman–Crippen LogP) is 4.17. The minimum atomic E-state index is -0.498. The van der Waals surface area contributed by atoms with Crippen LogP contribution in [0.5, 0.6) is 5.75 Å². The monoisotopic (exact) mass is 507 g/mol. The third-order valence-electron chi connectivity index (χ3n) is 5.85. The van der Waals surface area contributed by atoms with Crippen molar-refractivity contribution in [2.45, 2.75) is 25.9 Å². The fourth-order valence-electron chi connectivity index (χ4n) is 4.05. The minimum absolute atomic E-state index is 0.115. The Morgan fingerprint density at radius 2 is 1.81 bits per heavy atom. The van der Waals surface area contributed by atoms with Crippen LogP contribution in [0.3, 0.4) is 0 Å². The second-order valence-electron chi connectivity index (χ2n) is 8.23. The first-order chi connectivity index (χ1) is 17.5. The first kappa shape index (κ1) is 25.5. The Bertz CT molecular complexity index is 1190. The molecule has 0 saturated heterocycles. The first-order valence-corrected chi connectivity index (χ1v) is 12.4. The number of methoxy groups -OCH3 is 2. The highest BCUT2D eigenvalue weighted by atomic mass is 32.2. The van der Waals surface area contributed by atoms with Gasteiger partial charge in [-0.2, -0.15) is 0 Å². The van der Waals surface area contributed by atoms with Gasteiger partial charge in [-0.1, -0.05) is 54.2 Å². The molecule has 36 heavy (non-hydrogen) atoms. The van der Waals surface area contributed by atoms with Crippen LogP contribution in [-0.4, -0.2) is 49.4 Å². The van der Waals surface area contributed by atoms with E-state index in [1.54, 1.807) is 21.1 Å². The molecule has 4 rings (SSSR count). The normalized spacial score (nSPS) is 16.8. The Balaban J connectivity index is 1.60. The van der Waals surface area contributed by atoms with Crippen LogP contribution >= 0.6 is 11.8 Å². The maximum absolute atomic E-state index is 13.2. The van der Waals surface area contributed by atoms with Gasteiger partial charge in [0.05, 0.1) is 37.4 Å². The molecule has 2 heterocycles. The summed E-state index contributed by atoms with van der Waals surface area (Å²) in [6.07, 6.45) is 0.149. The molecule has 8 nitrogen and oxygen atoms in total. The van der Waals surface area contributed by atoms with Crippen LogP contribution < -0.4 is 10.1 Å². The van der Waals surface area contributed by atoms with Crippen molar-refractivity contribution in [2.75, 3.05) is 27.4 Å². The molecule has 1 amide bonds. The number of carbonyl (C=O) groups is 2. The lowest BCUT2D eigenvalue weighted by molar-refractivity contribution is -0.141. The summed E-state index contributed by atoms with van der Waals surface area (Å²) >= 11 is 1.44. The van der Waals surface area contributed by atoms with E-state index in [9.17, 15) is 9.59 Å². The zero-order valence-electron chi connectivity index (χ0n) is 20.5. The number of hydrogen-bond acceptors (Lipinski definition) is 8. The summed E-state index contributed by atoms with van der Waals surface area (Å²) in [4.78, 5) is 32.7. The van der Waals surface area contributed by atoms with Crippen LogP contribution in [0.15, 0.2) is 82.0 Å². The number of rotatable bonds is 10. The number of nitrogens with one attached hydrogen (secondary N) is 1. The van der Waals surface area contributed by atoms with Crippen LogP contribution in [-0.2, 0) is 25.6 Å². The molecule has 0 saturated carbocycles. The molecule has 0 aliphatic carbocycles. The van der Waals surface area contributed by atoms with Crippen LogP contribution in [0.25, 0.3) is 0 Å². The van der Waals surface area contributed by atoms with Crippen molar-refractivity contribution in [3.63, 3.8) is 0 Å². The van der Waals surface area contributed by atoms with Gasteiger partial charge in [-0.25, -0.2) is 9.79 Å². The number of benzene rings is 2. The molecular formula is C27H29N3O5S. The highest BCUT2D eigenvalue weighted by molar-refractivity contribution is 8.16. The second-order valence-corrected chi connectivity index (χ2v) is 9.07. The lowest BCUT2D eigenvalue weighted by Crippen LogP contribution is -2.38. The number of fused-ring (bicyclic) bond motifs is 1. The number of esters is 1. The van der Waals surface area contributed by atoms with Crippen molar-refractivity contribution in [3.05, 3.63) is 88.1 Å². The lowest BCUT2D eigenvalue weighted by Gasteiger charge is -2.36. The Labute approximate surface area is 215 Å². The van der Waals surface area contributed by atoms with Crippen molar-refractivity contribution in [1.82, 2.24) is 10.2 Å². The van der Waals surface area contributed by atoms with E-state index >= 15 is 0 Å². The summed E-state index contributed by atoms with van der Waals surface area (Å²) in [6, 6.07) is 16.8. The number of nitrogens with zero attached hydrogens (tertiary/aromatic N) is 2. The molecular weight excluding hydrogens is 478 g/mol. The fraction of sp³-hybridized carbons (Fsp3) is 0.296. The molecule has 1 unspecified atom stereocenters. The van der Waals surface area contributed by atoms with Crippen molar-refractivity contribution < 1.29 is 23.8 Å². The number of allylic oxidation sites excluding steroid dienone is 1. The third kappa shape index (κ3) is 5.80. The molecule has 9 heteroatoms. The first-order valence-electron chi connectivity index (χ1n) is 11.6. The van der Waals surface area contributed by atoms with E-state index in [0.29, 0.717) is 35.3 Å². The summed E-state index contributed by atoms with van der Waals surface area (Å²) < 4.78 is 15.8. The van der Waals surface area contributed by atoms with Gasteiger partial charge in [-0.15, -0.1) is 0 Å². The Morgan fingerprint density at radius 3 is 2.50 bits per heavy atom. The van der Waals surface area contributed by atoms with Gasteiger partial charge in [0.1, 0.15) is 12.4 Å². The second kappa shape index (κ2) is 11.9. The fourth-order valence-corrected chi connectivity index (χ4v) is 5.02. The van der Waals surface area contributed by atoms with E-state index in [4.69, 9.17) is 14.2 Å². The van der Waals surface area contributed by atoms with E-state index in [-0.39, 0.29) is 18.9 Å². The van der Waals surface area contributed by atoms with Gasteiger partial charge in [0.25, 0.3) is 0 Å². The maximum Gasteiger partial charge on any atom is 0.338 e. The van der Waals surface area contributed by atoms with Crippen LogP contribution in [0.2, 0.25) is 0 Å². The lowest BCUT2D eigenvalue weighted by atomic mass is 9.93. The standard InChI is InChI=1S/C27H29N3O5S/c1-18-24(26(32)35-14-13-33-2)25(20-9-11-22(34-3)12-10-20)30-21(17-36-27(30)29-18)15-23(31)28-16-19-7-5-4-6-8-19/h4-12,17,25H,13-16H2,1-3H3,(H,28,31). The van der Waals surface area contributed by atoms with Crippen molar-refractivity contribution in [1.29, 1.82) is 0 Å². The SMILES string of the molecule is COCCOC(=O)C1=C(C)N=C2SC=C(CC(=O)NCc3ccccc3)N2C1c1ccc(OC)cc1. The van der Waals surface area contributed by atoms with Gasteiger partial charge in [0.2, 0.25) is 5.91 Å². The molecule has 2 aromatic rings. The molecule has 0 aromatic heterocycles. The number of ether oxygens (including phenoxy) is 3. The van der Waals surface area contributed by atoms with Crippen molar-refractivity contribution in [2.24, 2.45) is 4.99 Å². The highest BCUT2D eigenvalue weighted by Crippen LogP contribution is 2.45. The summed E-state index contributed by atoms with van der Waals surface area (Å²) in [5, 5.41) is 5.61. The number of hydrogen-bond donors (Lipinski definition) is 1. The summed E-state index contributed by atoms with van der Waals surface area (Å²) in [5.74, 6) is 0.133. The van der Waals surface area contributed by atoms with E-state index in [1.807, 2.05) is 64.9 Å². The summed E-state index contributed by atoms with van der Waals surface area (Å²) in [7, 11) is 3.16. The van der Waals surface area contributed by atoms with Crippen molar-refractivity contribution >= 4 is 28.8 Å². The number of carbonyl (C=O) groups excluding carboxylic acids is 2. The summed E-state index contributed by atoms with van der Waals surface area (Å²) in [6.45, 7) is 2.68. The number of aliphatic imine (C=N–C) groups is 1. The number of amidine groups is 1. The minimum Gasteiger partial charge on any atom is -0.497 e. The Kier molecular flexibility index (Phi) is 8.45. The zero-order chi connectivity index (χ0) is 25.5.